The number of fused-ring (bicyclic) bond motifs is 1. The summed E-state index contributed by atoms with van der Waals surface area (Å²) in [6.07, 6.45) is -0.599. The number of hydrogen-bond donors (Lipinski definition) is 2. The Morgan fingerprint density at radius 3 is 2.36 bits per heavy atom. The van der Waals surface area contributed by atoms with E-state index in [1.807, 2.05) is 20.8 Å². The Hall–Kier alpha value is -3.14. The third-order valence-electron chi connectivity index (χ3n) is 5.62. The highest BCUT2D eigenvalue weighted by atomic mass is 79.9. The van der Waals surface area contributed by atoms with E-state index in [9.17, 15) is 9.59 Å². The van der Waals surface area contributed by atoms with Crippen LogP contribution in [0.3, 0.4) is 0 Å². The van der Waals surface area contributed by atoms with Gasteiger partial charge in [0.25, 0.3) is 0 Å². The summed E-state index contributed by atoms with van der Waals surface area (Å²) in [6.45, 7) is 10.1. The lowest BCUT2D eigenvalue weighted by molar-refractivity contribution is 0.0962. The van der Waals surface area contributed by atoms with Gasteiger partial charge in [-0.2, -0.15) is 0 Å². The number of amidine groups is 1. The van der Waals surface area contributed by atoms with E-state index in [1.54, 1.807) is 38.1 Å². The highest BCUT2D eigenvalue weighted by Crippen LogP contribution is 2.39. The third-order valence-corrected chi connectivity index (χ3v) is 5.62. The average molecular weight is 566 g/mol. The highest BCUT2D eigenvalue weighted by Gasteiger charge is 2.33. The van der Waals surface area contributed by atoms with E-state index in [-0.39, 0.29) is 65.4 Å². The molecule has 2 aromatic rings. The van der Waals surface area contributed by atoms with Gasteiger partial charge in [-0.15, -0.1) is 17.0 Å². The van der Waals surface area contributed by atoms with Crippen molar-refractivity contribution in [2.24, 2.45) is 0 Å². The van der Waals surface area contributed by atoms with Crippen molar-refractivity contribution in [3.8, 4) is 17.2 Å². The Morgan fingerprint density at radius 1 is 1.11 bits per heavy atom. The molecule has 2 N–H and O–H groups in total. The molecule has 1 aliphatic rings. The summed E-state index contributed by atoms with van der Waals surface area (Å²) in [5, 5.41) is 10.9. The fourth-order valence-electron chi connectivity index (χ4n) is 3.95. The smallest absolute Gasteiger partial charge is 0.412 e. The monoisotopic (exact) mass is 565 g/mol. The number of Topliss-reactive ketones (excluding diaryl/α,β-unsaturated/α-hetero) is 1. The van der Waals surface area contributed by atoms with E-state index in [0.29, 0.717) is 29.0 Å². The van der Waals surface area contributed by atoms with Gasteiger partial charge >= 0.3 is 6.09 Å². The molecule has 1 aliphatic heterocycles. The van der Waals surface area contributed by atoms with Gasteiger partial charge in [-0.05, 0) is 49.1 Å². The van der Waals surface area contributed by atoms with E-state index in [4.69, 9.17) is 19.6 Å². The lowest BCUT2D eigenvalue weighted by atomic mass is 9.85. The van der Waals surface area contributed by atoms with Crippen molar-refractivity contribution in [2.45, 2.75) is 46.6 Å². The molecule has 0 saturated carbocycles. The van der Waals surface area contributed by atoms with Crippen LogP contribution in [-0.4, -0.2) is 49.4 Å². The van der Waals surface area contributed by atoms with Gasteiger partial charge in [0, 0.05) is 24.7 Å². The number of amides is 1. The lowest BCUT2D eigenvalue weighted by Gasteiger charge is -2.23. The number of hydrogen-bond acceptors (Lipinski definition) is 6. The molecule has 0 aliphatic carbocycles. The van der Waals surface area contributed by atoms with Crippen LogP contribution in [0.25, 0.3) is 0 Å². The molecular weight excluding hydrogens is 533 g/mol. The first-order valence-corrected chi connectivity index (χ1v) is 11.5. The number of carbonyl (C=O) groups excluding carboxylic acids is 2. The Labute approximate surface area is 221 Å². The maximum Gasteiger partial charge on any atom is 0.412 e. The number of ketones is 1. The van der Waals surface area contributed by atoms with Crippen molar-refractivity contribution < 1.29 is 28.2 Å². The van der Waals surface area contributed by atoms with Gasteiger partial charge in [0.1, 0.15) is 11.6 Å². The quantitative estimate of drug-likeness (QED) is 0.424. The highest BCUT2D eigenvalue weighted by molar-refractivity contribution is 8.93. The maximum absolute atomic E-state index is 15.3. The van der Waals surface area contributed by atoms with Crippen LogP contribution in [0.15, 0.2) is 24.3 Å². The maximum atomic E-state index is 15.3. The lowest BCUT2D eigenvalue weighted by Crippen LogP contribution is -2.31. The Morgan fingerprint density at radius 2 is 1.78 bits per heavy atom. The number of rotatable bonds is 8. The van der Waals surface area contributed by atoms with Crippen LogP contribution in [0.4, 0.5) is 9.18 Å². The molecule has 2 aromatic carbocycles. The molecule has 0 atom stereocenters. The van der Waals surface area contributed by atoms with Crippen LogP contribution < -0.4 is 19.5 Å². The summed E-state index contributed by atoms with van der Waals surface area (Å²) >= 11 is 0. The molecule has 196 valence electrons. The summed E-state index contributed by atoms with van der Waals surface area (Å²) < 4.78 is 31.6. The first-order chi connectivity index (χ1) is 16.5. The van der Waals surface area contributed by atoms with Crippen molar-refractivity contribution in [1.29, 1.82) is 5.41 Å². The molecule has 3 rings (SSSR count). The molecule has 1 amide bonds. The summed E-state index contributed by atoms with van der Waals surface area (Å²) in [6, 6.07) is 6.56. The van der Waals surface area contributed by atoms with Gasteiger partial charge in [0.05, 0.1) is 25.3 Å². The van der Waals surface area contributed by atoms with E-state index in [2.05, 4.69) is 5.32 Å². The van der Waals surface area contributed by atoms with Crippen molar-refractivity contribution in [3.63, 3.8) is 0 Å². The minimum atomic E-state index is -0.654. The number of halogens is 2. The zero-order valence-corrected chi connectivity index (χ0v) is 23.1. The molecule has 1 heterocycles. The largest absolute Gasteiger partial charge is 0.490 e. The van der Waals surface area contributed by atoms with Crippen LogP contribution in [0.2, 0.25) is 0 Å². The molecule has 0 unspecified atom stereocenters. The van der Waals surface area contributed by atoms with Crippen LogP contribution in [0.1, 0.15) is 61.7 Å². The molecule has 8 nitrogen and oxygen atoms in total. The van der Waals surface area contributed by atoms with Crippen molar-refractivity contribution in [1.82, 2.24) is 10.2 Å². The SMILES string of the molecule is Br.CCOc1cc2c(c(F)c1OCC)C(=N)N(CC(=O)c1ccc(OC(=O)NC)c(C(C)(C)C)c1)C2. The van der Waals surface area contributed by atoms with Gasteiger partial charge in [-0.3, -0.25) is 10.2 Å². The van der Waals surface area contributed by atoms with Crippen LogP contribution in [0.5, 0.6) is 17.2 Å². The number of ether oxygens (including phenoxy) is 3. The summed E-state index contributed by atoms with van der Waals surface area (Å²) in [7, 11) is 1.47. The zero-order valence-electron chi connectivity index (χ0n) is 21.4. The Kier molecular flexibility index (Phi) is 9.48. The molecule has 0 saturated heterocycles. The predicted octanol–water partition coefficient (Wildman–Crippen LogP) is 5.24. The van der Waals surface area contributed by atoms with Crippen molar-refractivity contribution >= 4 is 34.7 Å². The second-order valence-electron chi connectivity index (χ2n) is 9.15. The first-order valence-electron chi connectivity index (χ1n) is 11.5. The summed E-state index contributed by atoms with van der Waals surface area (Å²) in [5.74, 6) is -0.344. The molecule has 0 bridgehead atoms. The standard InChI is InChI=1S/C26H32FN3O5.BrH/c1-7-33-20-12-16-13-30(24(28)21(16)22(27)23(20)34-8-2)14-18(31)15-9-10-19(35-25(32)29-6)17(11-15)26(3,4)5;/h9-12,28H,7-8,13-14H2,1-6H3,(H,29,32);1H. The molecule has 0 radical (unpaired) electrons. The average Bonchev–Trinajstić information content (AvgIpc) is 3.10. The van der Waals surface area contributed by atoms with Gasteiger partial charge in [-0.1, -0.05) is 20.8 Å². The fourth-order valence-corrected chi connectivity index (χ4v) is 3.95. The van der Waals surface area contributed by atoms with Crippen LogP contribution in [0, 0.1) is 11.2 Å². The van der Waals surface area contributed by atoms with Crippen molar-refractivity contribution in [3.05, 3.63) is 52.3 Å². The van der Waals surface area contributed by atoms with E-state index in [1.165, 1.54) is 11.9 Å². The van der Waals surface area contributed by atoms with E-state index in [0.717, 1.165) is 0 Å². The molecule has 0 fully saturated rings. The van der Waals surface area contributed by atoms with Gasteiger partial charge in [0.15, 0.2) is 23.1 Å². The fraction of sp³-hybridized carbons (Fsp3) is 0.423. The van der Waals surface area contributed by atoms with E-state index >= 15 is 4.39 Å². The molecule has 0 spiro atoms. The first kappa shape index (κ1) is 29.1. The van der Waals surface area contributed by atoms with Gasteiger partial charge in [-0.25, -0.2) is 9.18 Å². The van der Waals surface area contributed by atoms with E-state index < -0.39 is 17.3 Å². The third kappa shape index (κ3) is 5.98. The molecule has 10 heteroatoms. The second kappa shape index (κ2) is 11.7. The zero-order chi connectivity index (χ0) is 25.9. The molecule has 36 heavy (non-hydrogen) atoms. The Bertz CT molecular complexity index is 1160. The molecule has 0 aromatic heterocycles. The second-order valence-corrected chi connectivity index (χ2v) is 9.15. The van der Waals surface area contributed by atoms with Crippen LogP contribution >= 0.6 is 17.0 Å². The number of carbonyl (C=O) groups is 2. The Balaban J connectivity index is 0.00000456. The minimum absolute atomic E-state index is 0. The number of nitrogens with one attached hydrogen (secondary N) is 2. The van der Waals surface area contributed by atoms with Gasteiger partial charge < -0.3 is 24.4 Å². The summed E-state index contributed by atoms with van der Waals surface area (Å²) in [4.78, 5) is 26.4. The topological polar surface area (TPSA) is 101 Å². The normalized spacial score (nSPS) is 12.5. The van der Waals surface area contributed by atoms with Crippen molar-refractivity contribution in [2.75, 3.05) is 26.8 Å². The van der Waals surface area contributed by atoms with Crippen LogP contribution in [-0.2, 0) is 12.0 Å². The minimum Gasteiger partial charge on any atom is -0.490 e. The number of benzene rings is 2. The summed E-state index contributed by atoms with van der Waals surface area (Å²) in [5.41, 5.74) is 1.39. The molecular formula is C26H33BrFN3O5. The number of nitrogens with zero attached hydrogens (tertiary/aromatic N) is 1. The predicted molar refractivity (Wildman–Crippen MR) is 141 cm³/mol. The van der Waals surface area contributed by atoms with Gasteiger partial charge in [0.2, 0.25) is 0 Å².